The lowest BCUT2D eigenvalue weighted by Crippen LogP contribution is -2.43. The Hall–Kier alpha value is -2.14. The summed E-state index contributed by atoms with van der Waals surface area (Å²) in [5.41, 5.74) is 2.14. The number of hydrogen-bond donors (Lipinski definition) is 1. The molecule has 4 nitrogen and oxygen atoms in total. The quantitative estimate of drug-likeness (QED) is 0.862. The van der Waals surface area contributed by atoms with Crippen LogP contribution < -0.4 is 5.32 Å². The molecule has 0 bridgehead atoms. The summed E-state index contributed by atoms with van der Waals surface area (Å²) < 4.78 is 0. The van der Waals surface area contributed by atoms with E-state index < -0.39 is 0 Å². The molecule has 26 heavy (non-hydrogen) atoms. The number of nitrogens with one attached hydrogen (secondary N) is 1. The number of carbonyl (C=O) groups excluding carboxylic acids is 2. The molecule has 5 heteroatoms. The van der Waals surface area contributed by atoms with Gasteiger partial charge in [0.1, 0.15) is 0 Å². The molecular weight excluding hydrogens is 344 g/mol. The minimum Gasteiger partial charge on any atom is -0.337 e. The summed E-state index contributed by atoms with van der Waals surface area (Å²) in [6.45, 7) is 7.72. The molecular formula is C21H26N2O2S. The van der Waals surface area contributed by atoms with E-state index in [-0.39, 0.29) is 23.1 Å². The van der Waals surface area contributed by atoms with Gasteiger partial charge in [0.25, 0.3) is 5.91 Å². The van der Waals surface area contributed by atoms with Gasteiger partial charge in [-0.1, -0.05) is 39.0 Å². The van der Waals surface area contributed by atoms with E-state index in [0.29, 0.717) is 6.54 Å². The molecule has 138 valence electrons. The van der Waals surface area contributed by atoms with E-state index in [4.69, 9.17) is 0 Å². The highest BCUT2D eigenvalue weighted by Gasteiger charge is 2.29. The molecule has 0 radical (unpaired) electrons. The summed E-state index contributed by atoms with van der Waals surface area (Å²) in [6, 6.07) is 11.7. The van der Waals surface area contributed by atoms with Crippen molar-refractivity contribution in [2.45, 2.75) is 39.0 Å². The number of thiophene rings is 1. The Morgan fingerprint density at radius 1 is 1.15 bits per heavy atom. The molecule has 0 aliphatic carbocycles. The minimum atomic E-state index is -0.157. The van der Waals surface area contributed by atoms with Gasteiger partial charge in [0, 0.05) is 18.8 Å². The van der Waals surface area contributed by atoms with Crippen LogP contribution >= 0.6 is 11.3 Å². The van der Waals surface area contributed by atoms with E-state index >= 15 is 0 Å². The van der Waals surface area contributed by atoms with Crippen LogP contribution in [-0.4, -0.2) is 29.8 Å². The highest BCUT2D eigenvalue weighted by atomic mass is 32.1. The zero-order valence-electron chi connectivity index (χ0n) is 15.6. The third-order valence-electron chi connectivity index (χ3n) is 4.83. The molecule has 3 rings (SSSR count). The topological polar surface area (TPSA) is 49.4 Å². The van der Waals surface area contributed by atoms with Crippen LogP contribution in [0, 0.1) is 5.92 Å². The van der Waals surface area contributed by atoms with Crippen molar-refractivity contribution in [2.75, 3.05) is 18.4 Å². The van der Waals surface area contributed by atoms with E-state index in [0.717, 1.165) is 30.0 Å². The first-order chi connectivity index (χ1) is 12.3. The second-order valence-corrected chi connectivity index (χ2v) is 8.83. The van der Waals surface area contributed by atoms with E-state index in [1.165, 1.54) is 16.9 Å². The van der Waals surface area contributed by atoms with E-state index in [9.17, 15) is 9.59 Å². The van der Waals surface area contributed by atoms with Gasteiger partial charge in [0.15, 0.2) is 0 Å². The summed E-state index contributed by atoms with van der Waals surface area (Å²) in [5.74, 6) is -0.126. The maximum atomic E-state index is 12.7. The summed E-state index contributed by atoms with van der Waals surface area (Å²) >= 11 is 1.45. The average Bonchev–Trinajstić information content (AvgIpc) is 3.15. The molecule has 2 aromatic rings. The Bertz CT molecular complexity index is 760. The third kappa shape index (κ3) is 4.33. The molecule has 1 fully saturated rings. The van der Waals surface area contributed by atoms with Gasteiger partial charge in [-0.05, 0) is 47.4 Å². The second-order valence-electron chi connectivity index (χ2n) is 7.88. The van der Waals surface area contributed by atoms with Crippen molar-refractivity contribution in [1.82, 2.24) is 4.90 Å². The number of likely N-dealkylation sites (tertiary alicyclic amines) is 1. The molecule has 0 spiro atoms. The Kier molecular flexibility index (Phi) is 5.47. The van der Waals surface area contributed by atoms with Crippen molar-refractivity contribution in [1.29, 1.82) is 0 Å². The van der Waals surface area contributed by atoms with Gasteiger partial charge in [-0.3, -0.25) is 9.59 Å². The number of piperidine rings is 1. The largest absolute Gasteiger partial charge is 0.337 e. The zero-order valence-corrected chi connectivity index (χ0v) is 16.4. The first-order valence-electron chi connectivity index (χ1n) is 9.09. The lowest BCUT2D eigenvalue weighted by Gasteiger charge is -2.31. The van der Waals surface area contributed by atoms with Crippen molar-refractivity contribution in [3.05, 3.63) is 52.2 Å². The van der Waals surface area contributed by atoms with Gasteiger partial charge >= 0.3 is 0 Å². The van der Waals surface area contributed by atoms with Crippen LogP contribution in [0.3, 0.4) is 0 Å². The predicted octanol–water partition coefficient (Wildman–Crippen LogP) is 4.54. The molecule has 1 saturated heterocycles. The fraction of sp³-hybridized carbons (Fsp3) is 0.429. The molecule has 0 saturated carbocycles. The Balaban J connectivity index is 1.61. The number of anilines is 1. The Labute approximate surface area is 159 Å². The Morgan fingerprint density at radius 3 is 2.50 bits per heavy atom. The number of benzene rings is 1. The first-order valence-corrected chi connectivity index (χ1v) is 9.97. The summed E-state index contributed by atoms with van der Waals surface area (Å²) in [5, 5.41) is 4.92. The van der Waals surface area contributed by atoms with Crippen molar-refractivity contribution in [3.8, 4) is 0 Å². The van der Waals surface area contributed by atoms with Crippen LogP contribution in [0.5, 0.6) is 0 Å². The van der Waals surface area contributed by atoms with Gasteiger partial charge in [-0.25, -0.2) is 0 Å². The molecule has 2 heterocycles. The fourth-order valence-corrected chi connectivity index (χ4v) is 3.92. The van der Waals surface area contributed by atoms with E-state index in [1.807, 2.05) is 34.5 Å². The SMILES string of the molecule is CC(C)(C)c1ccc(NC(=O)C2CCCN(C(=O)c3cccs3)C2)cc1. The summed E-state index contributed by atoms with van der Waals surface area (Å²) in [6.07, 6.45) is 1.68. The number of carbonyl (C=O) groups is 2. The summed E-state index contributed by atoms with van der Waals surface area (Å²) in [4.78, 5) is 27.7. The van der Waals surface area contributed by atoms with Gasteiger partial charge in [0.05, 0.1) is 10.8 Å². The number of amides is 2. The van der Waals surface area contributed by atoms with Gasteiger partial charge < -0.3 is 10.2 Å². The third-order valence-corrected chi connectivity index (χ3v) is 5.69. The maximum absolute atomic E-state index is 12.7. The predicted molar refractivity (Wildman–Crippen MR) is 107 cm³/mol. The molecule has 1 N–H and O–H groups in total. The highest BCUT2D eigenvalue weighted by molar-refractivity contribution is 7.12. The summed E-state index contributed by atoms with van der Waals surface area (Å²) in [7, 11) is 0. The van der Waals surface area contributed by atoms with Crippen LogP contribution in [0.4, 0.5) is 5.69 Å². The monoisotopic (exact) mass is 370 g/mol. The van der Waals surface area contributed by atoms with Gasteiger partial charge in [-0.15, -0.1) is 11.3 Å². The lowest BCUT2D eigenvalue weighted by atomic mass is 9.87. The normalized spacial score (nSPS) is 17.8. The first kappa shape index (κ1) is 18.6. The highest BCUT2D eigenvalue weighted by Crippen LogP contribution is 2.25. The molecule has 1 atom stereocenters. The average molecular weight is 371 g/mol. The maximum Gasteiger partial charge on any atom is 0.263 e. The van der Waals surface area contributed by atoms with Crippen LogP contribution in [0.25, 0.3) is 0 Å². The molecule has 1 unspecified atom stereocenters. The van der Waals surface area contributed by atoms with E-state index in [1.54, 1.807) is 0 Å². The smallest absolute Gasteiger partial charge is 0.263 e. The van der Waals surface area contributed by atoms with Gasteiger partial charge in [0.2, 0.25) is 5.91 Å². The number of rotatable bonds is 3. The van der Waals surface area contributed by atoms with Crippen LogP contribution in [-0.2, 0) is 10.2 Å². The van der Waals surface area contributed by atoms with Crippen LogP contribution in [0.2, 0.25) is 0 Å². The van der Waals surface area contributed by atoms with Crippen LogP contribution in [0.1, 0.15) is 48.8 Å². The standard InChI is InChI=1S/C21H26N2O2S/c1-21(2,3)16-8-10-17(11-9-16)22-19(24)15-6-4-12-23(14-15)20(25)18-7-5-13-26-18/h5,7-11,13,15H,4,6,12,14H2,1-3H3,(H,22,24). The lowest BCUT2D eigenvalue weighted by molar-refractivity contribution is -0.121. The zero-order chi connectivity index (χ0) is 18.7. The fourth-order valence-electron chi connectivity index (χ4n) is 3.23. The van der Waals surface area contributed by atoms with E-state index in [2.05, 4.69) is 38.2 Å². The minimum absolute atomic E-state index is 0.00260. The molecule has 1 aromatic heterocycles. The molecule has 1 aromatic carbocycles. The second kappa shape index (κ2) is 7.62. The number of hydrogen-bond acceptors (Lipinski definition) is 3. The van der Waals surface area contributed by atoms with Crippen molar-refractivity contribution >= 4 is 28.8 Å². The van der Waals surface area contributed by atoms with Crippen LogP contribution in [0.15, 0.2) is 41.8 Å². The van der Waals surface area contributed by atoms with Crippen molar-refractivity contribution in [2.24, 2.45) is 5.92 Å². The Morgan fingerprint density at radius 2 is 1.88 bits per heavy atom. The molecule has 1 aliphatic rings. The molecule has 1 aliphatic heterocycles. The van der Waals surface area contributed by atoms with Crippen molar-refractivity contribution in [3.63, 3.8) is 0 Å². The van der Waals surface area contributed by atoms with Crippen molar-refractivity contribution < 1.29 is 9.59 Å². The molecule has 2 amide bonds. The number of nitrogens with zero attached hydrogens (tertiary/aromatic N) is 1. The van der Waals surface area contributed by atoms with Gasteiger partial charge in [-0.2, -0.15) is 0 Å².